The SMILES string of the molecule is COC(=O)C(=N)C#N. The lowest BCUT2D eigenvalue weighted by molar-refractivity contribution is -0.132. The quantitative estimate of drug-likeness (QED) is 0.374. The Labute approximate surface area is 46.2 Å². The third kappa shape index (κ3) is 1.39. The highest BCUT2D eigenvalue weighted by Crippen LogP contribution is 1.73. The number of carbonyl (C=O) groups is 1. The van der Waals surface area contributed by atoms with Crippen molar-refractivity contribution in [2.45, 2.75) is 0 Å². The molecule has 0 aliphatic rings. The molecule has 4 nitrogen and oxygen atoms in total. The van der Waals surface area contributed by atoms with Crippen LogP contribution in [-0.4, -0.2) is 18.8 Å². The van der Waals surface area contributed by atoms with Gasteiger partial charge in [0, 0.05) is 0 Å². The summed E-state index contributed by atoms with van der Waals surface area (Å²) in [4.78, 5) is 10.1. The highest BCUT2D eigenvalue weighted by molar-refractivity contribution is 6.41. The van der Waals surface area contributed by atoms with Crippen molar-refractivity contribution in [1.82, 2.24) is 0 Å². The van der Waals surface area contributed by atoms with E-state index in [1.165, 1.54) is 6.07 Å². The van der Waals surface area contributed by atoms with E-state index in [0.717, 1.165) is 7.11 Å². The number of esters is 1. The molecule has 0 spiro atoms. The van der Waals surface area contributed by atoms with Crippen LogP contribution in [-0.2, 0) is 9.53 Å². The first-order chi connectivity index (χ1) is 3.72. The molecule has 42 valence electrons. The normalized spacial score (nSPS) is 7.00. The zero-order valence-electron chi connectivity index (χ0n) is 4.26. The van der Waals surface area contributed by atoms with Crippen LogP contribution < -0.4 is 0 Å². The number of nitriles is 1. The van der Waals surface area contributed by atoms with Crippen LogP contribution in [0.25, 0.3) is 0 Å². The number of nitrogens with one attached hydrogen (secondary N) is 1. The summed E-state index contributed by atoms with van der Waals surface area (Å²) in [5, 5.41) is 14.4. The van der Waals surface area contributed by atoms with Gasteiger partial charge in [-0.3, -0.25) is 5.41 Å². The van der Waals surface area contributed by atoms with Crippen molar-refractivity contribution >= 4 is 11.7 Å². The highest BCUT2D eigenvalue weighted by atomic mass is 16.5. The van der Waals surface area contributed by atoms with Crippen molar-refractivity contribution in [3.8, 4) is 6.07 Å². The largest absolute Gasteiger partial charge is 0.464 e. The molecule has 4 heteroatoms. The molecule has 1 N–H and O–H groups in total. The van der Waals surface area contributed by atoms with Gasteiger partial charge >= 0.3 is 5.97 Å². The number of nitrogens with zero attached hydrogens (tertiary/aromatic N) is 1. The number of hydrogen-bond acceptors (Lipinski definition) is 4. The van der Waals surface area contributed by atoms with E-state index in [1.54, 1.807) is 0 Å². The first kappa shape index (κ1) is 6.63. The summed E-state index contributed by atoms with van der Waals surface area (Å²) in [5.41, 5.74) is -0.674. The summed E-state index contributed by atoms with van der Waals surface area (Å²) in [7, 11) is 1.12. The monoisotopic (exact) mass is 112 g/mol. The number of hydrogen-bond donors (Lipinski definition) is 1. The minimum atomic E-state index is -0.896. The van der Waals surface area contributed by atoms with Crippen LogP contribution in [0.1, 0.15) is 0 Å². The maximum Gasteiger partial charge on any atom is 0.366 e. The van der Waals surface area contributed by atoms with Crippen LogP contribution in [0.4, 0.5) is 0 Å². The van der Waals surface area contributed by atoms with Gasteiger partial charge in [0.15, 0.2) is 0 Å². The number of carbonyl (C=O) groups excluding carboxylic acids is 1. The lowest BCUT2D eigenvalue weighted by Gasteiger charge is -1.87. The molecule has 0 atom stereocenters. The van der Waals surface area contributed by atoms with E-state index >= 15 is 0 Å². The Morgan fingerprint density at radius 1 is 1.88 bits per heavy atom. The predicted molar refractivity (Wildman–Crippen MR) is 25.4 cm³/mol. The average molecular weight is 112 g/mol. The molecular formula is C4H4N2O2. The Morgan fingerprint density at radius 2 is 2.38 bits per heavy atom. The Balaban J connectivity index is 3.89. The Morgan fingerprint density at radius 3 is 2.50 bits per heavy atom. The van der Waals surface area contributed by atoms with Crippen molar-refractivity contribution in [3.05, 3.63) is 0 Å². The molecule has 0 saturated heterocycles. The molecule has 0 radical (unpaired) electrons. The molecule has 0 heterocycles. The molecule has 8 heavy (non-hydrogen) atoms. The fraction of sp³-hybridized carbons (Fsp3) is 0.250. The third-order valence-corrected chi connectivity index (χ3v) is 0.501. The second-order valence-corrected chi connectivity index (χ2v) is 0.978. The van der Waals surface area contributed by atoms with Gasteiger partial charge in [0.05, 0.1) is 7.11 Å². The van der Waals surface area contributed by atoms with E-state index in [2.05, 4.69) is 4.74 Å². The highest BCUT2D eigenvalue weighted by Gasteiger charge is 2.05. The van der Waals surface area contributed by atoms with Crippen LogP contribution in [0.15, 0.2) is 0 Å². The second-order valence-electron chi connectivity index (χ2n) is 0.978. The first-order valence-corrected chi connectivity index (χ1v) is 1.79. The van der Waals surface area contributed by atoms with E-state index in [0.29, 0.717) is 0 Å². The van der Waals surface area contributed by atoms with E-state index in [-0.39, 0.29) is 0 Å². The summed E-state index contributed by atoms with van der Waals surface area (Å²) in [5.74, 6) is -0.896. The van der Waals surface area contributed by atoms with Crippen LogP contribution >= 0.6 is 0 Å². The van der Waals surface area contributed by atoms with Crippen LogP contribution in [0.2, 0.25) is 0 Å². The molecule has 0 aromatic rings. The smallest absolute Gasteiger partial charge is 0.366 e. The fourth-order valence-corrected chi connectivity index (χ4v) is 0.148. The molecule has 0 unspecified atom stereocenters. The molecule has 0 aromatic carbocycles. The molecule has 0 aliphatic heterocycles. The second kappa shape index (κ2) is 2.75. The summed E-state index contributed by atoms with van der Waals surface area (Å²) in [6, 6.07) is 1.32. The molecule has 0 fully saturated rings. The molecule has 0 aromatic heterocycles. The van der Waals surface area contributed by atoms with Crippen molar-refractivity contribution < 1.29 is 9.53 Å². The first-order valence-electron chi connectivity index (χ1n) is 1.79. The van der Waals surface area contributed by atoms with Gasteiger partial charge in [-0.2, -0.15) is 5.26 Å². The van der Waals surface area contributed by atoms with Crippen LogP contribution in [0, 0.1) is 16.7 Å². The average Bonchev–Trinajstić information content (AvgIpc) is 1.84. The van der Waals surface area contributed by atoms with Gasteiger partial charge in [-0.1, -0.05) is 0 Å². The summed E-state index contributed by atoms with van der Waals surface area (Å²) < 4.78 is 4.02. The molecule has 0 saturated carbocycles. The maximum atomic E-state index is 10.1. The Hall–Kier alpha value is -1.37. The number of methoxy groups -OCH3 is 1. The van der Waals surface area contributed by atoms with E-state index < -0.39 is 11.7 Å². The van der Waals surface area contributed by atoms with Gasteiger partial charge < -0.3 is 4.74 Å². The summed E-state index contributed by atoms with van der Waals surface area (Å²) in [6.45, 7) is 0. The van der Waals surface area contributed by atoms with Gasteiger partial charge in [-0.15, -0.1) is 0 Å². The molecule has 0 aliphatic carbocycles. The lowest BCUT2D eigenvalue weighted by atomic mass is 10.4. The van der Waals surface area contributed by atoms with Gasteiger partial charge in [-0.25, -0.2) is 4.79 Å². The maximum absolute atomic E-state index is 10.1. The molecule has 0 rings (SSSR count). The van der Waals surface area contributed by atoms with Crippen molar-refractivity contribution in [3.63, 3.8) is 0 Å². The zero-order valence-corrected chi connectivity index (χ0v) is 4.26. The van der Waals surface area contributed by atoms with Crippen molar-refractivity contribution in [2.75, 3.05) is 7.11 Å². The van der Waals surface area contributed by atoms with Gasteiger partial charge in [0.2, 0.25) is 5.71 Å². The Bertz CT molecular complexity index is 156. The summed E-state index contributed by atoms with van der Waals surface area (Å²) in [6.07, 6.45) is 0. The minimum Gasteiger partial charge on any atom is -0.464 e. The number of rotatable bonds is 1. The fourth-order valence-electron chi connectivity index (χ4n) is 0.148. The van der Waals surface area contributed by atoms with Crippen molar-refractivity contribution in [2.24, 2.45) is 0 Å². The van der Waals surface area contributed by atoms with Gasteiger partial charge in [0.25, 0.3) is 0 Å². The third-order valence-electron chi connectivity index (χ3n) is 0.501. The standard InChI is InChI=1S/C4H4N2O2/c1-8-4(7)3(6)2-5/h6H,1H3. The molecular weight excluding hydrogens is 108 g/mol. The van der Waals surface area contributed by atoms with Crippen LogP contribution in [0.5, 0.6) is 0 Å². The molecule has 0 bridgehead atoms. The number of ether oxygens (including phenoxy) is 1. The minimum absolute atomic E-state index is 0.674. The van der Waals surface area contributed by atoms with E-state index in [9.17, 15) is 4.79 Å². The zero-order chi connectivity index (χ0) is 6.57. The predicted octanol–water partition coefficient (Wildman–Crippen LogP) is -0.297. The lowest BCUT2D eigenvalue weighted by Crippen LogP contribution is -2.11. The van der Waals surface area contributed by atoms with E-state index in [4.69, 9.17) is 10.7 Å². The summed E-state index contributed by atoms with van der Waals surface area (Å²) >= 11 is 0. The van der Waals surface area contributed by atoms with Crippen LogP contribution in [0.3, 0.4) is 0 Å². The Kier molecular flexibility index (Phi) is 2.28. The van der Waals surface area contributed by atoms with Gasteiger partial charge in [-0.05, 0) is 0 Å². The van der Waals surface area contributed by atoms with Gasteiger partial charge in [0.1, 0.15) is 6.07 Å². The van der Waals surface area contributed by atoms with Crippen molar-refractivity contribution in [1.29, 1.82) is 10.7 Å². The topological polar surface area (TPSA) is 73.9 Å². The molecule has 0 amide bonds. The van der Waals surface area contributed by atoms with E-state index in [1.807, 2.05) is 0 Å².